The molecule has 0 aliphatic rings. The normalized spacial score (nSPS) is 10.1. The maximum absolute atomic E-state index is 12.4. The lowest BCUT2D eigenvalue weighted by molar-refractivity contribution is 0.0980. The van der Waals surface area contributed by atoms with Crippen molar-refractivity contribution in [1.29, 1.82) is 0 Å². The first kappa shape index (κ1) is 19.0. The Bertz CT molecular complexity index is 990. The van der Waals surface area contributed by atoms with E-state index in [1.165, 1.54) is 11.3 Å². The number of nitrogens with one attached hydrogen (secondary N) is 3. The third-order valence-electron chi connectivity index (χ3n) is 3.44. The van der Waals surface area contributed by atoms with Crippen molar-refractivity contribution in [3.8, 4) is 0 Å². The van der Waals surface area contributed by atoms with Crippen molar-refractivity contribution in [2.75, 3.05) is 10.6 Å². The van der Waals surface area contributed by atoms with Gasteiger partial charge in [0.05, 0.1) is 4.88 Å². The van der Waals surface area contributed by atoms with Crippen molar-refractivity contribution in [1.82, 2.24) is 5.32 Å². The zero-order valence-electron chi connectivity index (χ0n) is 13.9. The number of carbonyl (C=O) groups excluding carboxylic acids is 2. The van der Waals surface area contributed by atoms with Gasteiger partial charge in [0.2, 0.25) is 0 Å². The van der Waals surface area contributed by atoms with Crippen LogP contribution in [0.4, 0.5) is 11.4 Å². The zero-order valence-corrected chi connectivity index (χ0v) is 16.3. The molecule has 0 spiro atoms. The van der Waals surface area contributed by atoms with Crippen molar-refractivity contribution in [2.24, 2.45) is 0 Å². The summed E-state index contributed by atoms with van der Waals surface area (Å²) in [5.74, 6) is -0.563. The summed E-state index contributed by atoms with van der Waals surface area (Å²) in [6.07, 6.45) is 0. The Morgan fingerprint density at radius 1 is 0.889 bits per heavy atom. The van der Waals surface area contributed by atoms with Gasteiger partial charge >= 0.3 is 0 Å². The fourth-order valence-corrected chi connectivity index (χ4v) is 3.26. The van der Waals surface area contributed by atoms with Crippen molar-refractivity contribution >= 4 is 63.5 Å². The summed E-state index contributed by atoms with van der Waals surface area (Å²) in [6.45, 7) is 0. The monoisotopic (exact) mass is 415 g/mol. The lowest BCUT2D eigenvalue weighted by Gasteiger charge is -2.11. The van der Waals surface area contributed by atoms with E-state index < -0.39 is 0 Å². The Morgan fingerprint density at radius 3 is 2.33 bits per heavy atom. The fourth-order valence-electron chi connectivity index (χ4n) is 2.24. The molecule has 0 fully saturated rings. The molecule has 27 heavy (non-hydrogen) atoms. The first-order chi connectivity index (χ1) is 13.0. The minimum Gasteiger partial charge on any atom is -0.332 e. The van der Waals surface area contributed by atoms with Gasteiger partial charge in [-0.3, -0.25) is 14.9 Å². The van der Waals surface area contributed by atoms with Gasteiger partial charge in [-0.05, 0) is 60.1 Å². The Balaban J connectivity index is 1.63. The summed E-state index contributed by atoms with van der Waals surface area (Å²) >= 11 is 12.4. The van der Waals surface area contributed by atoms with Crippen molar-refractivity contribution in [3.63, 3.8) is 0 Å². The fraction of sp³-hybridized carbons (Fsp3) is 0. The summed E-state index contributed by atoms with van der Waals surface area (Å²) in [5.41, 5.74) is 1.63. The molecule has 0 saturated carbocycles. The van der Waals surface area contributed by atoms with E-state index in [2.05, 4.69) is 16.0 Å². The highest BCUT2D eigenvalue weighted by Gasteiger charge is 2.10. The van der Waals surface area contributed by atoms with Gasteiger partial charge in [-0.2, -0.15) is 0 Å². The molecule has 8 heteroatoms. The molecule has 1 heterocycles. The second kappa shape index (κ2) is 8.77. The van der Waals surface area contributed by atoms with Crippen LogP contribution in [0.3, 0.4) is 0 Å². The molecule has 3 N–H and O–H groups in total. The molecule has 0 radical (unpaired) electrons. The Kier molecular flexibility index (Phi) is 6.18. The van der Waals surface area contributed by atoms with Crippen LogP contribution in [0.25, 0.3) is 0 Å². The van der Waals surface area contributed by atoms with E-state index in [9.17, 15) is 9.59 Å². The topological polar surface area (TPSA) is 70.2 Å². The molecular weight excluding hydrogens is 402 g/mol. The quantitative estimate of drug-likeness (QED) is 0.536. The highest BCUT2D eigenvalue weighted by Crippen LogP contribution is 2.17. The average molecular weight is 416 g/mol. The number of halogens is 1. The van der Waals surface area contributed by atoms with Crippen molar-refractivity contribution in [2.45, 2.75) is 0 Å². The average Bonchev–Trinajstić information content (AvgIpc) is 3.16. The highest BCUT2D eigenvalue weighted by molar-refractivity contribution is 7.80. The molecule has 0 bridgehead atoms. The van der Waals surface area contributed by atoms with E-state index in [4.69, 9.17) is 23.8 Å². The zero-order chi connectivity index (χ0) is 19.2. The van der Waals surface area contributed by atoms with Gasteiger partial charge in [-0.25, -0.2) is 0 Å². The summed E-state index contributed by atoms with van der Waals surface area (Å²) in [5, 5.41) is 10.8. The summed E-state index contributed by atoms with van der Waals surface area (Å²) in [7, 11) is 0. The Morgan fingerprint density at radius 2 is 1.63 bits per heavy atom. The predicted molar refractivity (Wildman–Crippen MR) is 114 cm³/mol. The second-order valence-electron chi connectivity index (χ2n) is 5.43. The number of thiophene rings is 1. The third kappa shape index (κ3) is 5.37. The van der Waals surface area contributed by atoms with Crippen molar-refractivity contribution in [3.05, 3.63) is 81.5 Å². The van der Waals surface area contributed by atoms with E-state index in [0.717, 1.165) is 0 Å². The van der Waals surface area contributed by atoms with E-state index in [1.54, 1.807) is 60.7 Å². The SMILES string of the molecule is O=C(Nc1cccc(Cl)c1)c1cccc(NC(=S)NC(=O)c2cccs2)c1. The summed E-state index contributed by atoms with van der Waals surface area (Å²) < 4.78 is 0. The van der Waals surface area contributed by atoms with Crippen LogP contribution in [-0.2, 0) is 0 Å². The first-order valence-corrected chi connectivity index (χ1v) is 9.51. The first-order valence-electron chi connectivity index (χ1n) is 7.84. The van der Waals surface area contributed by atoms with Crippen LogP contribution in [0.5, 0.6) is 0 Å². The number of amides is 2. The number of rotatable bonds is 4. The minimum absolute atomic E-state index is 0.154. The Hall–Kier alpha value is -2.74. The van der Waals surface area contributed by atoms with Crippen LogP contribution in [0.2, 0.25) is 5.02 Å². The van der Waals surface area contributed by atoms with Crippen molar-refractivity contribution < 1.29 is 9.59 Å². The molecule has 0 aliphatic carbocycles. The van der Waals surface area contributed by atoms with Crippen LogP contribution in [-0.4, -0.2) is 16.9 Å². The maximum Gasteiger partial charge on any atom is 0.267 e. The van der Waals surface area contributed by atoms with E-state index in [1.807, 2.05) is 5.38 Å². The number of benzene rings is 2. The molecule has 0 atom stereocenters. The van der Waals surface area contributed by atoms with Gasteiger partial charge < -0.3 is 10.6 Å². The molecule has 2 amide bonds. The minimum atomic E-state index is -0.283. The molecule has 5 nitrogen and oxygen atoms in total. The molecule has 0 aliphatic heterocycles. The standard InChI is InChI=1S/C19H14ClN3O2S2/c20-13-5-2-7-15(11-13)21-17(24)12-4-1-6-14(10-12)22-19(26)23-18(25)16-8-3-9-27-16/h1-11H,(H,21,24)(H2,22,23,25,26). The molecule has 3 rings (SSSR count). The lowest BCUT2D eigenvalue weighted by Crippen LogP contribution is -2.33. The smallest absolute Gasteiger partial charge is 0.267 e. The van der Waals surface area contributed by atoms with Gasteiger partial charge in [0, 0.05) is 22.0 Å². The molecular formula is C19H14ClN3O2S2. The van der Waals surface area contributed by atoms with Gasteiger partial charge in [0.15, 0.2) is 5.11 Å². The van der Waals surface area contributed by atoms with Gasteiger partial charge in [0.25, 0.3) is 11.8 Å². The third-order valence-corrected chi connectivity index (χ3v) is 4.74. The van der Waals surface area contributed by atoms with Gasteiger partial charge in [0.1, 0.15) is 0 Å². The van der Waals surface area contributed by atoms with Crippen LogP contribution < -0.4 is 16.0 Å². The largest absolute Gasteiger partial charge is 0.332 e. The van der Waals surface area contributed by atoms with Crippen LogP contribution in [0.15, 0.2) is 66.0 Å². The lowest BCUT2D eigenvalue weighted by atomic mass is 10.2. The van der Waals surface area contributed by atoms with Crippen LogP contribution in [0, 0.1) is 0 Å². The number of hydrogen-bond acceptors (Lipinski definition) is 4. The maximum atomic E-state index is 12.4. The second-order valence-corrected chi connectivity index (χ2v) is 7.22. The van der Waals surface area contributed by atoms with Gasteiger partial charge in [-0.15, -0.1) is 11.3 Å². The van der Waals surface area contributed by atoms with Gasteiger partial charge in [-0.1, -0.05) is 29.8 Å². The Labute approximate surface area is 170 Å². The predicted octanol–water partition coefficient (Wildman–Crippen LogP) is 4.78. The molecule has 0 unspecified atom stereocenters. The molecule has 1 aromatic heterocycles. The molecule has 2 aromatic carbocycles. The summed E-state index contributed by atoms with van der Waals surface area (Å²) in [4.78, 5) is 25.0. The van der Waals surface area contributed by atoms with Crippen LogP contribution >= 0.6 is 35.2 Å². The molecule has 136 valence electrons. The van der Waals surface area contributed by atoms with Crippen LogP contribution in [0.1, 0.15) is 20.0 Å². The van der Waals surface area contributed by atoms with E-state index >= 15 is 0 Å². The number of carbonyl (C=O) groups is 2. The number of anilines is 2. The highest BCUT2D eigenvalue weighted by atomic mass is 35.5. The van der Waals surface area contributed by atoms with E-state index in [0.29, 0.717) is 26.8 Å². The molecule has 0 saturated heterocycles. The van der Waals surface area contributed by atoms with E-state index in [-0.39, 0.29) is 16.9 Å². The number of thiocarbonyl (C=S) groups is 1. The molecule has 3 aromatic rings. The summed E-state index contributed by atoms with van der Waals surface area (Å²) in [6, 6.07) is 17.2. The number of hydrogen-bond donors (Lipinski definition) is 3.